The minimum absolute atomic E-state index is 0.0303. The zero-order valence-corrected chi connectivity index (χ0v) is 14.0. The van der Waals surface area contributed by atoms with E-state index in [9.17, 15) is 4.79 Å². The first-order chi connectivity index (χ1) is 11.1. The lowest BCUT2D eigenvalue weighted by Gasteiger charge is -2.27. The van der Waals surface area contributed by atoms with E-state index in [-0.39, 0.29) is 18.6 Å². The number of fused-ring (bicyclic) bond motifs is 1. The number of likely N-dealkylation sites (N-methyl/N-ethyl adjacent to an activating group) is 1. The largest absolute Gasteiger partial charge is 0.381 e. The third-order valence-electron chi connectivity index (χ3n) is 4.47. The van der Waals surface area contributed by atoms with Crippen LogP contribution in [0, 0.1) is 0 Å². The Bertz CT molecular complexity index is 537. The van der Waals surface area contributed by atoms with E-state index in [0.29, 0.717) is 12.6 Å². The Hall–Kier alpha value is -1.44. The summed E-state index contributed by atoms with van der Waals surface area (Å²) in [5.41, 5.74) is 2.17. The van der Waals surface area contributed by atoms with Gasteiger partial charge in [-0.15, -0.1) is 0 Å². The molecule has 1 saturated heterocycles. The quantitative estimate of drug-likeness (QED) is 0.847. The van der Waals surface area contributed by atoms with Gasteiger partial charge in [-0.05, 0) is 24.8 Å². The number of hydrogen-bond donors (Lipinski definition) is 1. The van der Waals surface area contributed by atoms with Crippen LogP contribution >= 0.6 is 0 Å². The number of carbonyl (C=O) groups is 1. The van der Waals surface area contributed by atoms with Crippen molar-refractivity contribution in [3.05, 3.63) is 17.5 Å². The number of aromatic nitrogens is 2. The van der Waals surface area contributed by atoms with Crippen LogP contribution in [-0.4, -0.2) is 67.1 Å². The van der Waals surface area contributed by atoms with Crippen molar-refractivity contribution in [2.45, 2.75) is 38.0 Å². The highest BCUT2D eigenvalue weighted by Crippen LogP contribution is 2.25. The topological polar surface area (TPSA) is 68.6 Å². The van der Waals surface area contributed by atoms with Gasteiger partial charge in [0.1, 0.15) is 12.6 Å². The lowest BCUT2D eigenvalue weighted by molar-refractivity contribution is -0.129. The van der Waals surface area contributed by atoms with Crippen LogP contribution in [0.2, 0.25) is 0 Å². The van der Waals surface area contributed by atoms with Gasteiger partial charge in [-0.1, -0.05) is 0 Å². The van der Waals surface area contributed by atoms with Crippen molar-refractivity contribution >= 4 is 5.91 Å². The van der Waals surface area contributed by atoms with E-state index in [1.54, 1.807) is 23.7 Å². The van der Waals surface area contributed by atoms with Gasteiger partial charge in [0.15, 0.2) is 0 Å². The average Bonchev–Trinajstić information content (AvgIpc) is 2.96. The number of hydrogen-bond acceptors (Lipinski definition) is 5. The standard InChI is InChI=1S/C16H26N4O3/c1-19(2)15(21)11-20-10-12-3-8-23-14(16(12)18-20)9-17-13-4-6-22-7-5-13/h10,13-14,17H,3-9,11H2,1-2H3/t14-/m0/s1. The summed E-state index contributed by atoms with van der Waals surface area (Å²) in [7, 11) is 3.52. The van der Waals surface area contributed by atoms with Crippen LogP contribution in [0.5, 0.6) is 0 Å². The van der Waals surface area contributed by atoms with Crippen LogP contribution in [0.25, 0.3) is 0 Å². The smallest absolute Gasteiger partial charge is 0.243 e. The Kier molecular flexibility index (Phi) is 5.30. The van der Waals surface area contributed by atoms with Crippen molar-refractivity contribution in [2.24, 2.45) is 0 Å². The molecule has 0 unspecified atom stereocenters. The van der Waals surface area contributed by atoms with Gasteiger partial charge in [0.25, 0.3) is 0 Å². The Morgan fingerprint density at radius 3 is 2.91 bits per heavy atom. The number of ether oxygens (including phenoxy) is 2. The van der Waals surface area contributed by atoms with Gasteiger partial charge in [0.05, 0.1) is 12.3 Å². The van der Waals surface area contributed by atoms with E-state index in [1.165, 1.54) is 5.56 Å². The van der Waals surface area contributed by atoms with Crippen LogP contribution in [0.4, 0.5) is 0 Å². The molecule has 0 aliphatic carbocycles. The van der Waals surface area contributed by atoms with Crippen molar-refractivity contribution < 1.29 is 14.3 Å². The summed E-state index contributed by atoms with van der Waals surface area (Å²) in [6, 6.07) is 0.495. The summed E-state index contributed by atoms with van der Waals surface area (Å²) in [4.78, 5) is 13.4. The van der Waals surface area contributed by atoms with E-state index in [2.05, 4.69) is 10.4 Å². The first kappa shape index (κ1) is 16.4. The predicted molar refractivity (Wildman–Crippen MR) is 85.2 cm³/mol. The van der Waals surface area contributed by atoms with Gasteiger partial charge < -0.3 is 19.7 Å². The van der Waals surface area contributed by atoms with E-state index >= 15 is 0 Å². The number of carbonyl (C=O) groups excluding carboxylic acids is 1. The lowest BCUT2D eigenvalue weighted by Crippen LogP contribution is -2.38. The van der Waals surface area contributed by atoms with Crippen molar-refractivity contribution in [1.29, 1.82) is 0 Å². The Morgan fingerprint density at radius 2 is 2.17 bits per heavy atom. The Balaban J connectivity index is 1.61. The fourth-order valence-corrected chi connectivity index (χ4v) is 3.02. The van der Waals surface area contributed by atoms with Crippen LogP contribution in [0.15, 0.2) is 6.20 Å². The molecule has 7 nitrogen and oxygen atoms in total. The maximum Gasteiger partial charge on any atom is 0.243 e. The molecular weight excluding hydrogens is 296 g/mol. The fourth-order valence-electron chi connectivity index (χ4n) is 3.02. The van der Waals surface area contributed by atoms with Crippen molar-refractivity contribution in [1.82, 2.24) is 20.0 Å². The molecule has 3 heterocycles. The molecule has 1 aromatic heterocycles. The fraction of sp³-hybridized carbons (Fsp3) is 0.750. The van der Waals surface area contributed by atoms with Crippen LogP contribution in [0.1, 0.15) is 30.2 Å². The maximum atomic E-state index is 11.8. The highest BCUT2D eigenvalue weighted by Gasteiger charge is 2.26. The molecule has 1 amide bonds. The summed E-state index contributed by atoms with van der Waals surface area (Å²) in [6.45, 7) is 3.41. The maximum absolute atomic E-state index is 11.8. The summed E-state index contributed by atoms with van der Waals surface area (Å²) in [5.74, 6) is 0.0441. The van der Waals surface area contributed by atoms with Crippen LogP contribution in [-0.2, 0) is 27.2 Å². The third kappa shape index (κ3) is 4.10. The number of amides is 1. The molecule has 23 heavy (non-hydrogen) atoms. The SMILES string of the molecule is CN(C)C(=O)Cn1cc2c(n1)[C@H](CNC1CCOCC1)OCC2. The van der Waals surface area contributed by atoms with Gasteiger partial charge in [-0.3, -0.25) is 9.48 Å². The van der Waals surface area contributed by atoms with E-state index in [0.717, 1.165) is 44.7 Å². The van der Waals surface area contributed by atoms with Gasteiger partial charge in [-0.25, -0.2) is 0 Å². The molecule has 0 bridgehead atoms. The highest BCUT2D eigenvalue weighted by atomic mass is 16.5. The van der Waals surface area contributed by atoms with Gasteiger partial charge in [0.2, 0.25) is 5.91 Å². The van der Waals surface area contributed by atoms with E-state index < -0.39 is 0 Å². The predicted octanol–water partition coefficient (Wildman–Crippen LogP) is 0.354. The van der Waals surface area contributed by atoms with E-state index in [4.69, 9.17) is 9.47 Å². The molecule has 1 fully saturated rings. The first-order valence-electron chi connectivity index (χ1n) is 8.32. The molecule has 2 aliphatic heterocycles. The normalized spacial score (nSPS) is 21.9. The molecular formula is C16H26N4O3. The van der Waals surface area contributed by atoms with E-state index in [1.807, 2.05) is 6.20 Å². The number of rotatable bonds is 5. The molecule has 128 valence electrons. The molecule has 0 spiro atoms. The molecule has 0 aromatic carbocycles. The molecule has 7 heteroatoms. The summed E-state index contributed by atoms with van der Waals surface area (Å²) in [6.07, 6.45) is 4.91. The van der Waals surface area contributed by atoms with Crippen LogP contribution < -0.4 is 5.32 Å². The summed E-state index contributed by atoms with van der Waals surface area (Å²) < 4.78 is 13.0. The summed E-state index contributed by atoms with van der Waals surface area (Å²) in [5, 5.41) is 8.17. The lowest BCUT2D eigenvalue weighted by atomic mass is 10.0. The highest BCUT2D eigenvalue weighted by molar-refractivity contribution is 5.75. The molecule has 3 rings (SSSR count). The third-order valence-corrected chi connectivity index (χ3v) is 4.47. The second kappa shape index (κ2) is 7.42. The minimum atomic E-state index is -0.0303. The monoisotopic (exact) mass is 322 g/mol. The summed E-state index contributed by atoms with van der Waals surface area (Å²) >= 11 is 0. The molecule has 0 radical (unpaired) electrons. The molecule has 1 N–H and O–H groups in total. The second-order valence-electron chi connectivity index (χ2n) is 6.43. The zero-order valence-electron chi connectivity index (χ0n) is 14.0. The molecule has 2 aliphatic rings. The number of nitrogens with zero attached hydrogens (tertiary/aromatic N) is 3. The average molecular weight is 322 g/mol. The minimum Gasteiger partial charge on any atom is -0.381 e. The molecule has 0 saturated carbocycles. The molecule has 1 atom stereocenters. The van der Waals surface area contributed by atoms with Gasteiger partial charge >= 0.3 is 0 Å². The molecule has 1 aromatic rings. The zero-order chi connectivity index (χ0) is 16.2. The Labute approximate surface area is 136 Å². The second-order valence-corrected chi connectivity index (χ2v) is 6.43. The van der Waals surface area contributed by atoms with Gasteiger partial charge in [-0.2, -0.15) is 5.10 Å². The number of nitrogens with one attached hydrogen (secondary N) is 1. The van der Waals surface area contributed by atoms with Gasteiger partial charge in [0, 0.05) is 46.1 Å². The first-order valence-corrected chi connectivity index (χ1v) is 8.32. The Morgan fingerprint density at radius 1 is 1.39 bits per heavy atom. The van der Waals surface area contributed by atoms with Crippen molar-refractivity contribution in [3.8, 4) is 0 Å². The van der Waals surface area contributed by atoms with Crippen LogP contribution in [0.3, 0.4) is 0 Å². The van der Waals surface area contributed by atoms with Crippen molar-refractivity contribution in [3.63, 3.8) is 0 Å². The van der Waals surface area contributed by atoms with Crippen molar-refractivity contribution in [2.75, 3.05) is 40.5 Å².